The van der Waals surface area contributed by atoms with Crippen LogP contribution < -0.4 is 0 Å². The van der Waals surface area contributed by atoms with E-state index in [0.717, 1.165) is 11.6 Å². The summed E-state index contributed by atoms with van der Waals surface area (Å²) in [6.07, 6.45) is 3.35. The average molecular weight is 197 g/mol. The van der Waals surface area contributed by atoms with Gasteiger partial charge in [0, 0.05) is 11.1 Å². The second-order valence-corrected chi connectivity index (χ2v) is 3.01. The van der Waals surface area contributed by atoms with Crippen molar-refractivity contribution in [3.63, 3.8) is 0 Å². The highest BCUT2D eigenvalue weighted by atomic mass is 35.5. The summed E-state index contributed by atoms with van der Waals surface area (Å²) in [6.45, 7) is 0. The van der Waals surface area contributed by atoms with E-state index in [1.54, 1.807) is 18.2 Å². The second-order valence-electron chi connectivity index (χ2n) is 2.57. The van der Waals surface area contributed by atoms with Crippen molar-refractivity contribution >= 4 is 17.6 Å². The van der Waals surface area contributed by atoms with Crippen molar-refractivity contribution in [1.29, 1.82) is 0 Å². The van der Waals surface area contributed by atoms with Crippen molar-refractivity contribution in [2.24, 2.45) is 0 Å². The summed E-state index contributed by atoms with van der Waals surface area (Å²) in [5.74, 6) is -0.922. The van der Waals surface area contributed by atoms with Crippen molar-refractivity contribution < 1.29 is 9.90 Å². The van der Waals surface area contributed by atoms with Gasteiger partial charge in [-0.3, -0.25) is 0 Å². The Morgan fingerprint density at radius 2 is 2.00 bits per heavy atom. The molecule has 3 heteroatoms. The molecule has 0 bridgehead atoms. The van der Waals surface area contributed by atoms with Crippen LogP contribution in [0.3, 0.4) is 0 Å². The smallest absolute Gasteiger partial charge is 0.327 e. The minimum Gasteiger partial charge on any atom is -0.478 e. The maximum absolute atomic E-state index is 10.1. The van der Waals surface area contributed by atoms with Crippen LogP contribution in [-0.4, -0.2) is 11.1 Å². The molecule has 0 saturated heterocycles. The molecule has 0 unspecified atom stereocenters. The number of carboxylic acids is 1. The van der Waals surface area contributed by atoms with Gasteiger partial charge in [0.05, 0.1) is 0 Å². The number of hydrogen-bond donors (Lipinski definition) is 1. The number of benzene rings is 1. The Morgan fingerprint density at radius 1 is 1.38 bits per heavy atom. The highest BCUT2D eigenvalue weighted by Gasteiger charge is 1.90. The van der Waals surface area contributed by atoms with Crippen LogP contribution in [0.4, 0.5) is 0 Å². The number of carbonyl (C=O) groups is 1. The van der Waals surface area contributed by atoms with Crippen LogP contribution in [0.2, 0.25) is 5.02 Å². The normalized spacial score (nSPS) is 10.5. The molecule has 0 aromatic heterocycles. The molecular weight excluding hydrogens is 188 g/mol. The molecule has 0 atom stereocenters. The van der Waals surface area contributed by atoms with Gasteiger partial charge < -0.3 is 5.11 Å². The number of allylic oxidation sites excluding steroid dienone is 1. The minimum absolute atomic E-state index is 0.615. The topological polar surface area (TPSA) is 37.3 Å². The fourth-order valence-electron chi connectivity index (χ4n) is 0.916. The Balaban J connectivity index is 2.55. The molecule has 0 radical (unpaired) electrons. The minimum atomic E-state index is -0.922. The highest BCUT2D eigenvalue weighted by Crippen LogP contribution is 2.09. The Bertz CT molecular complexity index is 314. The second kappa shape index (κ2) is 4.67. The maximum Gasteiger partial charge on any atom is 0.327 e. The van der Waals surface area contributed by atoms with E-state index in [4.69, 9.17) is 16.7 Å². The molecule has 68 valence electrons. The van der Waals surface area contributed by atoms with E-state index in [1.807, 2.05) is 12.1 Å². The molecule has 1 N–H and O–H groups in total. The Hall–Kier alpha value is -1.28. The number of halogens is 1. The summed E-state index contributed by atoms with van der Waals surface area (Å²) in [4.78, 5) is 10.1. The Morgan fingerprint density at radius 3 is 2.54 bits per heavy atom. The first kappa shape index (κ1) is 9.81. The largest absolute Gasteiger partial charge is 0.478 e. The van der Waals surface area contributed by atoms with Crippen LogP contribution in [0.5, 0.6) is 0 Å². The Labute approximate surface area is 81.5 Å². The fraction of sp³-hybridized carbons (Fsp3) is 0.100. The van der Waals surface area contributed by atoms with Gasteiger partial charge in [0.2, 0.25) is 0 Å². The summed E-state index contributed by atoms with van der Waals surface area (Å²) in [5, 5.41) is 9.01. The molecule has 1 rings (SSSR count). The van der Waals surface area contributed by atoms with Crippen molar-refractivity contribution in [3.8, 4) is 0 Å². The van der Waals surface area contributed by atoms with E-state index in [2.05, 4.69) is 0 Å². The third-order valence-electron chi connectivity index (χ3n) is 1.53. The van der Waals surface area contributed by atoms with Gasteiger partial charge in [0.15, 0.2) is 0 Å². The van der Waals surface area contributed by atoms with Crippen LogP contribution in [0.25, 0.3) is 0 Å². The quantitative estimate of drug-likeness (QED) is 0.755. The van der Waals surface area contributed by atoms with Crippen molar-refractivity contribution in [1.82, 2.24) is 0 Å². The summed E-state index contributed by atoms with van der Waals surface area (Å²) >= 11 is 5.68. The lowest BCUT2D eigenvalue weighted by atomic mass is 10.1. The van der Waals surface area contributed by atoms with E-state index in [0.29, 0.717) is 11.4 Å². The maximum atomic E-state index is 10.1. The molecule has 0 heterocycles. The SMILES string of the molecule is O=C(O)C=CCc1ccc(Cl)cc1. The number of aliphatic carboxylic acids is 1. The van der Waals surface area contributed by atoms with E-state index in [9.17, 15) is 4.79 Å². The molecule has 0 amide bonds. The lowest BCUT2D eigenvalue weighted by molar-refractivity contribution is -0.131. The molecule has 0 aliphatic carbocycles. The van der Waals surface area contributed by atoms with Gasteiger partial charge in [0.1, 0.15) is 0 Å². The molecule has 0 fully saturated rings. The fourth-order valence-corrected chi connectivity index (χ4v) is 1.04. The Kier molecular flexibility index (Phi) is 3.53. The van der Waals surface area contributed by atoms with Gasteiger partial charge in [-0.25, -0.2) is 4.79 Å². The van der Waals surface area contributed by atoms with Gasteiger partial charge in [-0.1, -0.05) is 29.8 Å². The molecule has 0 aliphatic rings. The van der Waals surface area contributed by atoms with Gasteiger partial charge >= 0.3 is 5.97 Å². The van der Waals surface area contributed by atoms with E-state index in [1.165, 1.54) is 0 Å². The zero-order valence-electron chi connectivity index (χ0n) is 6.90. The lowest BCUT2D eigenvalue weighted by Crippen LogP contribution is -1.87. The van der Waals surface area contributed by atoms with E-state index >= 15 is 0 Å². The highest BCUT2D eigenvalue weighted by molar-refractivity contribution is 6.30. The van der Waals surface area contributed by atoms with Crippen LogP contribution in [0.1, 0.15) is 5.56 Å². The molecule has 0 spiro atoms. The summed E-state index contributed by atoms with van der Waals surface area (Å²) in [6, 6.07) is 7.31. The third-order valence-corrected chi connectivity index (χ3v) is 1.78. The van der Waals surface area contributed by atoms with Crippen LogP contribution >= 0.6 is 11.6 Å². The molecule has 1 aromatic carbocycles. The number of rotatable bonds is 3. The number of hydrogen-bond acceptors (Lipinski definition) is 1. The predicted molar refractivity (Wildman–Crippen MR) is 51.9 cm³/mol. The number of carboxylic acid groups (broad SMARTS) is 1. The monoisotopic (exact) mass is 196 g/mol. The standard InChI is InChI=1S/C10H9ClO2/c11-9-6-4-8(5-7-9)2-1-3-10(12)13/h1,3-7H,2H2,(H,12,13). The first-order valence-corrected chi connectivity index (χ1v) is 4.20. The van der Waals surface area contributed by atoms with Gasteiger partial charge in [-0.15, -0.1) is 0 Å². The summed E-state index contributed by atoms with van der Waals surface area (Å²) < 4.78 is 0. The lowest BCUT2D eigenvalue weighted by Gasteiger charge is -1.94. The molecular formula is C10H9ClO2. The molecule has 13 heavy (non-hydrogen) atoms. The third kappa shape index (κ3) is 3.76. The van der Waals surface area contributed by atoms with E-state index < -0.39 is 5.97 Å². The van der Waals surface area contributed by atoms with Gasteiger partial charge in [0.25, 0.3) is 0 Å². The van der Waals surface area contributed by atoms with E-state index in [-0.39, 0.29) is 0 Å². The van der Waals surface area contributed by atoms with Crippen molar-refractivity contribution in [2.75, 3.05) is 0 Å². The summed E-state index contributed by atoms with van der Waals surface area (Å²) in [5.41, 5.74) is 1.04. The van der Waals surface area contributed by atoms with Gasteiger partial charge in [-0.05, 0) is 24.1 Å². The molecule has 1 aromatic rings. The van der Waals surface area contributed by atoms with Crippen LogP contribution in [0.15, 0.2) is 36.4 Å². The zero-order valence-corrected chi connectivity index (χ0v) is 7.66. The average Bonchev–Trinajstić information content (AvgIpc) is 2.08. The van der Waals surface area contributed by atoms with Crippen molar-refractivity contribution in [2.45, 2.75) is 6.42 Å². The van der Waals surface area contributed by atoms with Gasteiger partial charge in [-0.2, -0.15) is 0 Å². The van der Waals surface area contributed by atoms with Crippen molar-refractivity contribution in [3.05, 3.63) is 47.0 Å². The molecule has 0 aliphatic heterocycles. The molecule has 2 nitrogen and oxygen atoms in total. The first-order chi connectivity index (χ1) is 6.18. The molecule has 0 saturated carbocycles. The predicted octanol–water partition coefficient (Wildman–Crippen LogP) is 2.52. The van der Waals surface area contributed by atoms with Crippen LogP contribution in [0, 0.1) is 0 Å². The first-order valence-electron chi connectivity index (χ1n) is 3.82. The summed E-state index contributed by atoms with van der Waals surface area (Å²) in [7, 11) is 0. The zero-order chi connectivity index (χ0) is 9.68. The van der Waals surface area contributed by atoms with Crippen LogP contribution in [-0.2, 0) is 11.2 Å².